The highest BCUT2D eigenvalue weighted by Gasteiger charge is 2.11. The van der Waals surface area contributed by atoms with Crippen LogP contribution < -0.4 is 4.74 Å². The number of carboxylic acid groups (broad SMARTS) is 1. The minimum Gasteiger partial charge on any atom is -0.492 e. The summed E-state index contributed by atoms with van der Waals surface area (Å²) in [7, 11) is -3.06. The predicted molar refractivity (Wildman–Crippen MR) is 68.1 cm³/mol. The Hall–Kier alpha value is -1.56. The van der Waals surface area contributed by atoms with Crippen molar-refractivity contribution in [1.82, 2.24) is 0 Å². The summed E-state index contributed by atoms with van der Waals surface area (Å²) in [5, 5.41) is 8.89. The van der Waals surface area contributed by atoms with E-state index in [1.54, 1.807) is 13.8 Å². The lowest BCUT2D eigenvalue weighted by molar-refractivity contribution is 0.0696. The highest BCUT2D eigenvalue weighted by Crippen LogP contribution is 2.24. The van der Waals surface area contributed by atoms with E-state index in [9.17, 15) is 13.2 Å². The zero-order chi connectivity index (χ0) is 13.9. The number of hydrogen-bond acceptors (Lipinski definition) is 4. The molecule has 0 fully saturated rings. The summed E-state index contributed by atoms with van der Waals surface area (Å²) in [6.07, 6.45) is 1.14. The van der Waals surface area contributed by atoms with Gasteiger partial charge in [0.05, 0.1) is 11.3 Å². The zero-order valence-electron chi connectivity index (χ0n) is 10.6. The van der Waals surface area contributed by atoms with E-state index in [1.807, 2.05) is 0 Å². The number of ether oxygens (including phenoxy) is 1. The van der Waals surface area contributed by atoms with Crippen LogP contribution in [0.1, 0.15) is 21.5 Å². The molecule has 1 aromatic carbocycles. The van der Waals surface area contributed by atoms with Gasteiger partial charge >= 0.3 is 5.97 Å². The zero-order valence-corrected chi connectivity index (χ0v) is 11.4. The van der Waals surface area contributed by atoms with Crippen molar-refractivity contribution in [2.24, 2.45) is 0 Å². The molecule has 0 spiro atoms. The SMILES string of the molecule is Cc1cc(C(=O)O)cc(C)c1OCCS(C)(=O)=O. The third kappa shape index (κ3) is 4.03. The van der Waals surface area contributed by atoms with Crippen molar-refractivity contribution < 1.29 is 23.1 Å². The van der Waals surface area contributed by atoms with Crippen molar-refractivity contribution >= 4 is 15.8 Å². The lowest BCUT2D eigenvalue weighted by Gasteiger charge is -2.12. The van der Waals surface area contributed by atoms with E-state index in [2.05, 4.69) is 0 Å². The number of carboxylic acids is 1. The third-order valence-corrected chi connectivity index (χ3v) is 3.32. The van der Waals surface area contributed by atoms with Crippen molar-refractivity contribution in [3.63, 3.8) is 0 Å². The molecule has 5 nitrogen and oxygen atoms in total. The molecule has 0 unspecified atom stereocenters. The van der Waals surface area contributed by atoms with Crippen molar-refractivity contribution in [2.75, 3.05) is 18.6 Å². The standard InChI is InChI=1S/C12H16O5S/c1-8-6-10(12(13)14)7-9(2)11(8)17-4-5-18(3,15)16/h6-7H,4-5H2,1-3H3,(H,13,14). The largest absolute Gasteiger partial charge is 0.492 e. The van der Waals surface area contributed by atoms with Gasteiger partial charge in [0, 0.05) is 6.26 Å². The lowest BCUT2D eigenvalue weighted by atomic mass is 10.1. The van der Waals surface area contributed by atoms with Gasteiger partial charge in [-0.1, -0.05) is 0 Å². The molecule has 0 radical (unpaired) electrons. The molecule has 100 valence electrons. The van der Waals surface area contributed by atoms with Crippen LogP contribution in [0.3, 0.4) is 0 Å². The Labute approximate surface area is 106 Å². The molecule has 0 saturated heterocycles. The first kappa shape index (κ1) is 14.5. The van der Waals surface area contributed by atoms with E-state index in [1.165, 1.54) is 12.1 Å². The summed E-state index contributed by atoms with van der Waals surface area (Å²) in [6.45, 7) is 3.53. The average Bonchev–Trinajstić information content (AvgIpc) is 2.20. The molecular formula is C12H16O5S. The molecule has 1 N–H and O–H groups in total. The Balaban J connectivity index is 2.87. The summed E-state index contributed by atoms with van der Waals surface area (Å²) in [6, 6.07) is 3.01. The molecule has 0 amide bonds. The summed E-state index contributed by atoms with van der Waals surface area (Å²) in [5.41, 5.74) is 1.56. The lowest BCUT2D eigenvalue weighted by Crippen LogP contribution is -2.13. The van der Waals surface area contributed by atoms with Crippen LogP contribution in [0.15, 0.2) is 12.1 Å². The fraction of sp³-hybridized carbons (Fsp3) is 0.417. The molecular weight excluding hydrogens is 256 g/mol. The molecule has 18 heavy (non-hydrogen) atoms. The average molecular weight is 272 g/mol. The quantitative estimate of drug-likeness (QED) is 0.877. The van der Waals surface area contributed by atoms with Crippen molar-refractivity contribution in [2.45, 2.75) is 13.8 Å². The predicted octanol–water partition coefficient (Wildman–Crippen LogP) is 1.43. The van der Waals surface area contributed by atoms with Gasteiger partial charge in [0.15, 0.2) is 9.84 Å². The highest BCUT2D eigenvalue weighted by atomic mass is 32.2. The number of sulfone groups is 1. The molecule has 6 heteroatoms. The van der Waals surface area contributed by atoms with Gasteiger partial charge in [0.25, 0.3) is 0 Å². The molecule has 1 rings (SSSR count). The Kier molecular flexibility index (Phi) is 4.34. The van der Waals surface area contributed by atoms with Crippen LogP contribution in [0, 0.1) is 13.8 Å². The fourth-order valence-corrected chi connectivity index (χ4v) is 1.98. The number of hydrogen-bond donors (Lipinski definition) is 1. The van der Waals surface area contributed by atoms with Crippen molar-refractivity contribution in [3.8, 4) is 5.75 Å². The van der Waals surface area contributed by atoms with Gasteiger partial charge in [-0.2, -0.15) is 0 Å². The van der Waals surface area contributed by atoms with E-state index >= 15 is 0 Å². The first-order chi connectivity index (χ1) is 8.20. The van der Waals surface area contributed by atoms with E-state index in [-0.39, 0.29) is 17.9 Å². The monoisotopic (exact) mass is 272 g/mol. The molecule has 0 aliphatic carbocycles. The Morgan fingerprint density at radius 2 is 1.78 bits per heavy atom. The van der Waals surface area contributed by atoms with Crippen LogP contribution in [-0.4, -0.2) is 38.1 Å². The highest BCUT2D eigenvalue weighted by molar-refractivity contribution is 7.90. The van der Waals surface area contributed by atoms with Gasteiger partial charge in [-0.15, -0.1) is 0 Å². The molecule has 0 atom stereocenters. The molecule has 0 aliphatic rings. The maximum atomic E-state index is 11.0. The van der Waals surface area contributed by atoms with Gasteiger partial charge in [-0.3, -0.25) is 0 Å². The first-order valence-corrected chi connectivity index (χ1v) is 7.42. The van der Waals surface area contributed by atoms with Crippen molar-refractivity contribution in [1.29, 1.82) is 0 Å². The van der Waals surface area contributed by atoms with Gasteiger partial charge < -0.3 is 9.84 Å². The Bertz CT molecular complexity index is 537. The van der Waals surface area contributed by atoms with Gasteiger partial charge in [-0.25, -0.2) is 13.2 Å². The second kappa shape index (κ2) is 5.39. The smallest absolute Gasteiger partial charge is 0.335 e. The maximum absolute atomic E-state index is 11.0. The van der Waals surface area contributed by atoms with Crippen LogP contribution in [0.5, 0.6) is 5.75 Å². The minimum absolute atomic E-state index is 0.0624. The molecule has 0 heterocycles. The Morgan fingerprint density at radius 3 is 2.17 bits per heavy atom. The van der Waals surface area contributed by atoms with E-state index in [0.29, 0.717) is 16.9 Å². The van der Waals surface area contributed by atoms with E-state index < -0.39 is 15.8 Å². The molecule has 0 saturated carbocycles. The minimum atomic E-state index is -3.06. The summed E-state index contributed by atoms with van der Waals surface area (Å²) < 4.78 is 27.4. The van der Waals surface area contributed by atoms with Crippen LogP contribution in [0.25, 0.3) is 0 Å². The second-order valence-corrected chi connectivity index (χ2v) is 6.48. The third-order valence-electron chi connectivity index (χ3n) is 2.41. The van der Waals surface area contributed by atoms with Crippen LogP contribution in [-0.2, 0) is 9.84 Å². The summed E-state index contributed by atoms with van der Waals surface area (Å²) in [4.78, 5) is 10.8. The van der Waals surface area contributed by atoms with E-state index in [4.69, 9.17) is 9.84 Å². The van der Waals surface area contributed by atoms with Crippen LogP contribution in [0.2, 0.25) is 0 Å². The van der Waals surface area contributed by atoms with Crippen LogP contribution in [0.4, 0.5) is 0 Å². The topological polar surface area (TPSA) is 80.7 Å². The molecule has 0 bridgehead atoms. The fourth-order valence-electron chi connectivity index (χ4n) is 1.60. The van der Waals surface area contributed by atoms with Crippen LogP contribution >= 0.6 is 0 Å². The maximum Gasteiger partial charge on any atom is 0.335 e. The Morgan fingerprint density at radius 1 is 1.28 bits per heavy atom. The van der Waals surface area contributed by atoms with Gasteiger partial charge in [-0.05, 0) is 37.1 Å². The summed E-state index contributed by atoms with van der Waals surface area (Å²) >= 11 is 0. The number of carbonyl (C=O) groups is 1. The normalized spacial score (nSPS) is 11.3. The molecule has 1 aromatic rings. The van der Waals surface area contributed by atoms with Gasteiger partial charge in [0.2, 0.25) is 0 Å². The summed E-state index contributed by atoms with van der Waals surface area (Å²) in [5.74, 6) is -0.514. The number of benzene rings is 1. The second-order valence-electron chi connectivity index (χ2n) is 4.22. The number of rotatable bonds is 5. The number of aromatic carboxylic acids is 1. The van der Waals surface area contributed by atoms with Crippen molar-refractivity contribution in [3.05, 3.63) is 28.8 Å². The molecule has 0 aromatic heterocycles. The molecule has 0 aliphatic heterocycles. The first-order valence-electron chi connectivity index (χ1n) is 5.36. The van der Waals surface area contributed by atoms with E-state index in [0.717, 1.165) is 6.26 Å². The number of aryl methyl sites for hydroxylation is 2. The van der Waals surface area contributed by atoms with Gasteiger partial charge in [0.1, 0.15) is 12.4 Å².